The molecule has 0 radical (unpaired) electrons. The van der Waals surface area contributed by atoms with E-state index in [1.165, 1.54) is 36.1 Å². The smallest absolute Gasteiger partial charge is 0.0319 e. The van der Waals surface area contributed by atoms with Gasteiger partial charge in [-0.05, 0) is 30.9 Å². The Labute approximate surface area is 89.1 Å². The van der Waals surface area contributed by atoms with E-state index in [1.807, 2.05) is 0 Å². The second-order valence-electron chi connectivity index (χ2n) is 4.49. The van der Waals surface area contributed by atoms with Crippen LogP contribution < -0.4 is 5.73 Å². The van der Waals surface area contributed by atoms with Crippen molar-refractivity contribution in [2.75, 3.05) is 0 Å². The Kier molecular flexibility index (Phi) is 1.89. The minimum Gasteiger partial charge on any atom is -0.324 e. The number of thioether (sulfide) groups is 1. The molecule has 3 rings (SSSR count). The molecule has 1 spiro atoms. The molecular formula is C12H15NS. The first-order valence-corrected chi connectivity index (χ1v) is 6.14. The van der Waals surface area contributed by atoms with Crippen LogP contribution in [0.2, 0.25) is 0 Å². The molecule has 0 bridgehead atoms. The van der Waals surface area contributed by atoms with E-state index in [2.05, 4.69) is 36.0 Å². The molecule has 14 heavy (non-hydrogen) atoms. The van der Waals surface area contributed by atoms with Gasteiger partial charge in [0.15, 0.2) is 0 Å². The third kappa shape index (κ3) is 1.21. The van der Waals surface area contributed by atoms with Crippen molar-refractivity contribution in [3.05, 3.63) is 29.8 Å². The number of nitrogens with two attached hydrogens (primary N) is 1. The van der Waals surface area contributed by atoms with Crippen LogP contribution in [0.1, 0.15) is 37.3 Å². The third-order valence-corrected chi connectivity index (χ3v) is 5.10. The Hall–Kier alpha value is -0.470. The molecule has 1 aromatic rings. The maximum Gasteiger partial charge on any atom is 0.0319 e. The summed E-state index contributed by atoms with van der Waals surface area (Å²) in [4.78, 5) is 1.42. The topological polar surface area (TPSA) is 26.0 Å². The van der Waals surface area contributed by atoms with Gasteiger partial charge >= 0.3 is 0 Å². The molecule has 0 amide bonds. The van der Waals surface area contributed by atoms with Crippen LogP contribution in [-0.2, 0) is 0 Å². The summed E-state index contributed by atoms with van der Waals surface area (Å²) in [5.41, 5.74) is 7.57. The fourth-order valence-electron chi connectivity index (χ4n) is 2.54. The van der Waals surface area contributed by atoms with Crippen molar-refractivity contribution in [2.45, 2.75) is 41.4 Å². The highest BCUT2D eigenvalue weighted by atomic mass is 32.2. The van der Waals surface area contributed by atoms with Gasteiger partial charge in [0.2, 0.25) is 0 Å². The minimum absolute atomic E-state index is 0.271. The number of benzene rings is 1. The zero-order valence-electron chi connectivity index (χ0n) is 8.20. The van der Waals surface area contributed by atoms with Crippen LogP contribution in [0.5, 0.6) is 0 Å². The lowest BCUT2D eigenvalue weighted by atomic mass is 9.78. The van der Waals surface area contributed by atoms with Crippen LogP contribution in [0.4, 0.5) is 0 Å². The van der Waals surface area contributed by atoms with Crippen LogP contribution in [0.15, 0.2) is 29.2 Å². The van der Waals surface area contributed by atoms with Gasteiger partial charge in [-0.3, -0.25) is 0 Å². The Morgan fingerprint density at radius 2 is 2.07 bits per heavy atom. The molecule has 74 valence electrons. The highest BCUT2D eigenvalue weighted by molar-refractivity contribution is 8.00. The van der Waals surface area contributed by atoms with E-state index in [0.29, 0.717) is 4.75 Å². The summed E-state index contributed by atoms with van der Waals surface area (Å²) in [5.74, 6) is 0. The lowest BCUT2D eigenvalue weighted by molar-refractivity contribution is 0.314. The summed E-state index contributed by atoms with van der Waals surface area (Å²) in [6.07, 6.45) is 5.29. The van der Waals surface area contributed by atoms with Crippen molar-refractivity contribution in [3.8, 4) is 0 Å². The molecule has 0 aromatic heterocycles. The lowest BCUT2D eigenvalue weighted by Gasteiger charge is -2.46. The van der Waals surface area contributed by atoms with Crippen molar-refractivity contribution in [2.24, 2.45) is 5.73 Å². The molecular weight excluding hydrogens is 190 g/mol. The molecule has 0 unspecified atom stereocenters. The molecule has 1 aromatic carbocycles. The molecule has 1 fully saturated rings. The maximum absolute atomic E-state index is 6.22. The Balaban J connectivity index is 2.00. The third-order valence-electron chi connectivity index (χ3n) is 3.50. The van der Waals surface area contributed by atoms with Gasteiger partial charge in [-0.25, -0.2) is 0 Å². The van der Waals surface area contributed by atoms with Crippen LogP contribution in [0.25, 0.3) is 0 Å². The quantitative estimate of drug-likeness (QED) is 0.704. The van der Waals surface area contributed by atoms with Gasteiger partial charge in [0, 0.05) is 15.7 Å². The molecule has 1 saturated carbocycles. The van der Waals surface area contributed by atoms with Crippen LogP contribution >= 0.6 is 11.8 Å². The second kappa shape index (κ2) is 3.01. The Morgan fingerprint density at radius 3 is 2.79 bits per heavy atom. The fourth-order valence-corrected chi connectivity index (χ4v) is 4.25. The predicted molar refractivity (Wildman–Crippen MR) is 60.4 cm³/mol. The number of rotatable bonds is 0. The van der Waals surface area contributed by atoms with Gasteiger partial charge in [0.05, 0.1) is 0 Å². The Bertz CT molecular complexity index is 357. The van der Waals surface area contributed by atoms with Gasteiger partial charge in [-0.2, -0.15) is 0 Å². The molecule has 1 atom stereocenters. The zero-order valence-corrected chi connectivity index (χ0v) is 9.02. The fraction of sp³-hybridized carbons (Fsp3) is 0.500. The molecule has 1 aliphatic carbocycles. The highest BCUT2D eigenvalue weighted by Crippen LogP contribution is 2.56. The monoisotopic (exact) mass is 205 g/mol. The van der Waals surface area contributed by atoms with Gasteiger partial charge in [0.25, 0.3) is 0 Å². The molecule has 1 nitrogen and oxygen atoms in total. The van der Waals surface area contributed by atoms with Crippen molar-refractivity contribution >= 4 is 11.8 Å². The number of fused-ring (bicyclic) bond motifs is 1. The van der Waals surface area contributed by atoms with Gasteiger partial charge < -0.3 is 5.73 Å². The minimum atomic E-state index is 0.271. The van der Waals surface area contributed by atoms with E-state index in [0.717, 1.165) is 0 Å². The van der Waals surface area contributed by atoms with E-state index in [-0.39, 0.29) is 6.04 Å². The molecule has 2 aliphatic rings. The number of hydrogen-bond acceptors (Lipinski definition) is 2. The first-order chi connectivity index (χ1) is 6.79. The van der Waals surface area contributed by atoms with E-state index >= 15 is 0 Å². The lowest BCUT2D eigenvalue weighted by Crippen LogP contribution is -2.39. The normalized spacial score (nSPS) is 28.2. The van der Waals surface area contributed by atoms with Crippen LogP contribution in [0.3, 0.4) is 0 Å². The molecule has 0 saturated heterocycles. The summed E-state index contributed by atoms with van der Waals surface area (Å²) in [6.45, 7) is 0. The molecule has 1 aliphatic heterocycles. The average Bonchev–Trinajstić information content (AvgIpc) is 2.15. The first-order valence-electron chi connectivity index (χ1n) is 5.33. The summed E-state index contributed by atoms with van der Waals surface area (Å²) in [5, 5.41) is 0. The van der Waals surface area contributed by atoms with Crippen LogP contribution in [0, 0.1) is 0 Å². The van der Waals surface area contributed by atoms with Gasteiger partial charge in [-0.15, -0.1) is 11.8 Å². The van der Waals surface area contributed by atoms with Crippen molar-refractivity contribution in [3.63, 3.8) is 0 Å². The second-order valence-corrected chi connectivity index (χ2v) is 6.00. The molecule has 1 heterocycles. The zero-order chi connectivity index (χ0) is 9.60. The van der Waals surface area contributed by atoms with Crippen molar-refractivity contribution in [1.29, 1.82) is 0 Å². The first kappa shape index (κ1) is 8.81. The predicted octanol–water partition coefficient (Wildman–Crippen LogP) is 3.10. The average molecular weight is 205 g/mol. The summed E-state index contributed by atoms with van der Waals surface area (Å²) < 4.78 is 0.508. The van der Waals surface area contributed by atoms with E-state index in [9.17, 15) is 0 Å². The van der Waals surface area contributed by atoms with Crippen molar-refractivity contribution < 1.29 is 0 Å². The van der Waals surface area contributed by atoms with Gasteiger partial charge in [-0.1, -0.05) is 24.6 Å². The summed E-state index contributed by atoms with van der Waals surface area (Å²) in [6, 6.07) is 8.89. The summed E-state index contributed by atoms with van der Waals surface area (Å²) >= 11 is 2.07. The standard InChI is InChI=1S/C12H15NS/c13-10-8-12(6-3-7-12)14-11-5-2-1-4-9(10)11/h1-2,4-5,10H,3,6-8,13H2/t10-/m1/s1. The SMILES string of the molecule is N[C@@H]1CC2(CCC2)Sc2ccccc21. The van der Waals surface area contributed by atoms with E-state index in [4.69, 9.17) is 5.73 Å². The van der Waals surface area contributed by atoms with E-state index < -0.39 is 0 Å². The highest BCUT2D eigenvalue weighted by Gasteiger charge is 2.43. The molecule has 2 N–H and O–H groups in total. The van der Waals surface area contributed by atoms with E-state index in [1.54, 1.807) is 0 Å². The number of hydrogen-bond donors (Lipinski definition) is 1. The molecule has 2 heteroatoms. The van der Waals surface area contributed by atoms with Crippen LogP contribution in [-0.4, -0.2) is 4.75 Å². The maximum atomic E-state index is 6.22. The summed E-state index contributed by atoms with van der Waals surface area (Å²) in [7, 11) is 0. The van der Waals surface area contributed by atoms with Crippen molar-refractivity contribution in [1.82, 2.24) is 0 Å². The Morgan fingerprint density at radius 1 is 1.29 bits per heavy atom. The van der Waals surface area contributed by atoms with Gasteiger partial charge in [0.1, 0.15) is 0 Å². The largest absolute Gasteiger partial charge is 0.324 e.